The van der Waals surface area contributed by atoms with Gasteiger partial charge in [0.05, 0.1) is 9.35 Å². The largest absolute Gasteiger partial charge is 0.339 e. The Bertz CT molecular complexity index is 684. The maximum atomic E-state index is 12.3. The number of rotatable bonds is 5. The van der Waals surface area contributed by atoms with Gasteiger partial charge in [-0.1, -0.05) is 18.2 Å². The number of nitrogens with zero attached hydrogens (tertiary/aromatic N) is 1. The number of anilines is 1. The van der Waals surface area contributed by atoms with E-state index in [1.165, 1.54) is 11.3 Å². The van der Waals surface area contributed by atoms with Crippen LogP contribution in [0.4, 0.5) is 5.69 Å². The minimum atomic E-state index is -0.153. The van der Waals surface area contributed by atoms with Crippen molar-refractivity contribution in [1.29, 1.82) is 0 Å². The Morgan fingerprint density at radius 2 is 2.05 bits per heavy atom. The molecule has 0 atom stereocenters. The normalized spacial score (nSPS) is 10.3. The van der Waals surface area contributed by atoms with Crippen LogP contribution in [0, 0.1) is 0 Å². The van der Waals surface area contributed by atoms with E-state index in [-0.39, 0.29) is 11.8 Å². The van der Waals surface area contributed by atoms with E-state index in [1.807, 2.05) is 31.2 Å². The second-order valence-electron chi connectivity index (χ2n) is 4.78. The van der Waals surface area contributed by atoms with Gasteiger partial charge in [-0.2, -0.15) is 0 Å². The highest BCUT2D eigenvalue weighted by Crippen LogP contribution is 2.23. The van der Waals surface area contributed by atoms with Gasteiger partial charge in [0, 0.05) is 31.1 Å². The Morgan fingerprint density at radius 3 is 2.64 bits per heavy atom. The molecule has 116 valence electrons. The molecule has 1 aromatic carbocycles. The molecule has 1 heterocycles. The van der Waals surface area contributed by atoms with Gasteiger partial charge >= 0.3 is 0 Å². The smallest absolute Gasteiger partial charge is 0.256 e. The highest BCUT2D eigenvalue weighted by molar-refractivity contribution is 9.11. The molecule has 0 bridgehead atoms. The van der Waals surface area contributed by atoms with Crippen molar-refractivity contribution in [2.75, 3.05) is 11.9 Å². The summed E-state index contributed by atoms with van der Waals surface area (Å²) in [6, 6.07) is 9.33. The molecule has 1 aromatic heterocycles. The second kappa shape index (κ2) is 7.56. The number of nitrogens with one attached hydrogen (secondary N) is 1. The quantitative estimate of drug-likeness (QED) is 0.847. The molecule has 0 unspecified atom stereocenters. The molecule has 1 N–H and O–H groups in total. The fraction of sp³-hybridized carbons (Fsp3) is 0.250. The maximum Gasteiger partial charge on any atom is 0.256 e. The van der Waals surface area contributed by atoms with Crippen LogP contribution >= 0.6 is 27.3 Å². The van der Waals surface area contributed by atoms with Gasteiger partial charge in [-0.15, -0.1) is 11.3 Å². The van der Waals surface area contributed by atoms with Crippen molar-refractivity contribution >= 4 is 44.8 Å². The van der Waals surface area contributed by atoms with E-state index < -0.39 is 0 Å². The molecule has 0 aliphatic heterocycles. The summed E-state index contributed by atoms with van der Waals surface area (Å²) in [6.45, 7) is 4.60. The lowest BCUT2D eigenvalue weighted by molar-refractivity contribution is -0.129. The van der Waals surface area contributed by atoms with E-state index in [0.717, 1.165) is 15.0 Å². The predicted octanol–water partition coefficient (Wildman–Crippen LogP) is 4.13. The molecule has 0 saturated heterocycles. The maximum absolute atomic E-state index is 12.3. The van der Waals surface area contributed by atoms with Crippen LogP contribution in [0.3, 0.4) is 0 Å². The van der Waals surface area contributed by atoms with Crippen LogP contribution in [0.5, 0.6) is 0 Å². The SMILES string of the molecule is CCN(Cc1ccccc1NC(=O)c1csc(Br)c1)C(C)=O. The second-order valence-corrected chi connectivity index (χ2v) is 7.07. The summed E-state index contributed by atoms with van der Waals surface area (Å²) in [6.07, 6.45) is 0. The summed E-state index contributed by atoms with van der Waals surface area (Å²) in [5.41, 5.74) is 2.27. The van der Waals surface area contributed by atoms with Crippen LogP contribution in [-0.4, -0.2) is 23.3 Å². The van der Waals surface area contributed by atoms with Crippen molar-refractivity contribution < 1.29 is 9.59 Å². The Balaban J connectivity index is 2.17. The van der Waals surface area contributed by atoms with Gasteiger partial charge in [-0.3, -0.25) is 9.59 Å². The predicted molar refractivity (Wildman–Crippen MR) is 93.2 cm³/mol. The Morgan fingerprint density at radius 1 is 1.32 bits per heavy atom. The Labute approximate surface area is 142 Å². The van der Waals surface area contributed by atoms with Gasteiger partial charge in [-0.25, -0.2) is 0 Å². The number of thiophene rings is 1. The lowest BCUT2D eigenvalue weighted by atomic mass is 10.1. The van der Waals surface area contributed by atoms with Gasteiger partial charge in [-0.05, 0) is 40.5 Å². The molecule has 4 nitrogen and oxygen atoms in total. The van der Waals surface area contributed by atoms with Gasteiger partial charge in [0.15, 0.2) is 0 Å². The lowest BCUT2D eigenvalue weighted by Gasteiger charge is -2.21. The summed E-state index contributed by atoms with van der Waals surface area (Å²) in [5, 5.41) is 4.72. The third-order valence-electron chi connectivity index (χ3n) is 3.28. The van der Waals surface area contributed by atoms with E-state index in [0.29, 0.717) is 18.7 Å². The van der Waals surface area contributed by atoms with Crippen LogP contribution in [0.1, 0.15) is 29.8 Å². The number of benzene rings is 1. The third-order valence-corrected chi connectivity index (χ3v) is 4.79. The van der Waals surface area contributed by atoms with E-state index >= 15 is 0 Å². The number of hydrogen-bond acceptors (Lipinski definition) is 3. The molecule has 22 heavy (non-hydrogen) atoms. The first-order valence-corrected chi connectivity index (χ1v) is 8.57. The zero-order chi connectivity index (χ0) is 16.1. The molecule has 0 radical (unpaired) electrons. The summed E-state index contributed by atoms with van der Waals surface area (Å²) < 4.78 is 0.916. The number of amides is 2. The van der Waals surface area contributed by atoms with Gasteiger partial charge in [0.25, 0.3) is 5.91 Å². The first-order valence-electron chi connectivity index (χ1n) is 6.90. The number of carbonyl (C=O) groups excluding carboxylic acids is 2. The first-order chi connectivity index (χ1) is 10.5. The molecule has 0 spiro atoms. The van der Waals surface area contributed by atoms with Crippen molar-refractivity contribution in [1.82, 2.24) is 4.90 Å². The van der Waals surface area contributed by atoms with Crippen LogP contribution in [0.25, 0.3) is 0 Å². The molecule has 0 aliphatic rings. The van der Waals surface area contributed by atoms with Crippen molar-refractivity contribution in [3.8, 4) is 0 Å². The fourth-order valence-corrected chi connectivity index (χ4v) is 3.19. The van der Waals surface area contributed by atoms with Gasteiger partial charge in [0.1, 0.15) is 0 Å². The summed E-state index contributed by atoms with van der Waals surface area (Å²) >= 11 is 4.82. The van der Waals surface area contributed by atoms with Crippen LogP contribution < -0.4 is 5.32 Å². The molecule has 2 aromatic rings. The first kappa shape index (κ1) is 16.7. The molecular formula is C16H17BrN2O2S. The van der Waals surface area contributed by atoms with Gasteiger partial charge < -0.3 is 10.2 Å². The molecule has 0 fully saturated rings. The molecular weight excluding hydrogens is 364 g/mol. The molecule has 2 amide bonds. The monoisotopic (exact) mass is 380 g/mol. The lowest BCUT2D eigenvalue weighted by Crippen LogP contribution is -2.28. The van der Waals surface area contributed by atoms with E-state index in [1.54, 1.807) is 23.3 Å². The van der Waals surface area contributed by atoms with Crippen LogP contribution in [0.15, 0.2) is 39.5 Å². The zero-order valence-electron chi connectivity index (χ0n) is 12.4. The topological polar surface area (TPSA) is 49.4 Å². The molecule has 0 aliphatic carbocycles. The average molecular weight is 381 g/mol. The Hall–Kier alpha value is -1.66. The van der Waals surface area contributed by atoms with Crippen molar-refractivity contribution in [3.05, 3.63) is 50.6 Å². The highest BCUT2D eigenvalue weighted by Gasteiger charge is 2.13. The van der Waals surface area contributed by atoms with Gasteiger partial charge in [0.2, 0.25) is 5.91 Å². The third kappa shape index (κ3) is 4.18. The van der Waals surface area contributed by atoms with E-state index in [9.17, 15) is 9.59 Å². The number of para-hydroxylation sites is 1. The summed E-state index contributed by atoms with van der Waals surface area (Å²) in [4.78, 5) is 25.6. The van der Waals surface area contributed by atoms with Crippen LogP contribution in [0.2, 0.25) is 0 Å². The minimum absolute atomic E-state index is 0.0189. The average Bonchev–Trinajstić information content (AvgIpc) is 2.92. The standard InChI is InChI=1S/C16H17BrN2O2S/c1-3-19(11(2)20)9-12-6-4-5-7-14(12)18-16(21)13-8-15(17)22-10-13/h4-8,10H,3,9H2,1-2H3,(H,18,21). The molecule has 2 rings (SSSR count). The van der Waals surface area contributed by atoms with Crippen LogP contribution in [-0.2, 0) is 11.3 Å². The van der Waals surface area contributed by atoms with E-state index in [4.69, 9.17) is 0 Å². The number of carbonyl (C=O) groups is 2. The van der Waals surface area contributed by atoms with Crippen molar-refractivity contribution in [3.63, 3.8) is 0 Å². The highest BCUT2D eigenvalue weighted by atomic mass is 79.9. The Kier molecular flexibility index (Phi) is 5.74. The summed E-state index contributed by atoms with van der Waals surface area (Å²) in [7, 11) is 0. The van der Waals surface area contributed by atoms with E-state index in [2.05, 4.69) is 21.2 Å². The zero-order valence-corrected chi connectivity index (χ0v) is 14.8. The van der Waals surface area contributed by atoms with Crippen molar-refractivity contribution in [2.24, 2.45) is 0 Å². The molecule has 0 saturated carbocycles. The molecule has 6 heteroatoms. The fourth-order valence-electron chi connectivity index (χ4n) is 2.06. The summed E-state index contributed by atoms with van der Waals surface area (Å²) in [5.74, 6) is -0.134. The van der Waals surface area contributed by atoms with Crippen molar-refractivity contribution in [2.45, 2.75) is 20.4 Å². The number of halogens is 1. The number of hydrogen-bond donors (Lipinski definition) is 1. The minimum Gasteiger partial charge on any atom is -0.339 e.